The summed E-state index contributed by atoms with van der Waals surface area (Å²) in [7, 11) is 0. The molecule has 15 rings (SSSR count). The zero-order valence-electron chi connectivity index (χ0n) is 79.1. The second-order valence-electron chi connectivity index (χ2n) is 34.2. The minimum absolute atomic E-state index is 0. The minimum Gasteiger partial charge on any atom is -0.487 e. The summed E-state index contributed by atoms with van der Waals surface area (Å²) < 4.78 is 159. The summed E-state index contributed by atoms with van der Waals surface area (Å²) in [5, 5.41) is 3.02. The molecule has 2 fully saturated rings. The van der Waals surface area contributed by atoms with Crippen LogP contribution < -0.4 is 4.74 Å². The van der Waals surface area contributed by atoms with Gasteiger partial charge in [-0.1, -0.05) is 234 Å². The molecule has 10 aromatic carbocycles. The van der Waals surface area contributed by atoms with Crippen molar-refractivity contribution in [3.63, 3.8) is 0 Å². The van der Waals surface area contributed by atoms with E-state index in [1.807, 2.05) is 20.8 Å². The Kier molecular flexibility index (Phi) is 67.8. The first kappa shape index (κ1) is 129. The van der Waals surface area contributed by atoms with Crippen molar-refractivity contribution in [2.24, 2.45) is 29.6 Å². The van der Waals surface area contributed by atoms with E-state index < -0.39 is 52.4 Å². The fourth-order valence-electron chi connectivity index (χ4n) is 13.0. The van der Waals surface area contributed by atoms with E-state index in [0.29, 0.717) is 57.0 Å². The predicted molar refractivity (Wildman–Crippen MR) is 493 cm³/mol. The average Bonchev–Trinajstić information content (AvgIpc) is 0.785. The molecule has 3 atom stereocenters. The molecule has 3 nitrogen and oxygen atoms in total. The quantitative estimate of drug-likeness (QED) is 0.112. The van der Waals surface area contributed by atoms with E-state index in [4.69, 9.17) is 25.8 Å². The van der Waals surface area contributed by atoms with E-state index in [1.165, 1.54) is 154 Å². The van der Waals surface area contributed by atoms with Gasteiger partial charge in [-0.05, 0) is 314 Å². The van der Waals surface area contributed by atoms with Gasteiger partial charge >= 0.3 is 0 Å². The molecule has 3 aliphatic carbocycles. The summed E-state index contributed by atoms with van der Waals surface area (Å²) in [6.07, 6.45) is 16.7. The number of halogens is 12. The normalized spacial score (nSPS) is 17.1. The third-order valence-corrected chi connectivity index (χ3v) is 22.4. The summed E-state index contributed by atoms with van der Waals surface area (Å²) in [5.74, 6) is -2.78. The third-order valence-electron chi connectivity index (χ3n) is 21.9. The van der Waals surface area contributed by atoms with Crippen LogP contribution in [0.25, 0.3) is 21.5 Å². The van der Waals surface area contributed by atoms with Gasteiger partial charge in [0.1, 0.15) is 23.3 Å². The molecule has 20 heteroatoms. The van der Waals surface area contributed by atoms with E-state index in [2.05, 4.69) is 175 Å². The summed E-state index contributed by atoms with van der Waals surface area (Å²) in [4.78, 5) is 0. The molecule has 0 amide bonds. The summed E-state index contributed by atoms with van der Waals surface area (Å²) in [6.45, 7) is 49.9. The van der Waals surface area contributed by atoms with Crippen LogP contribution in [0, 0.1) is 403 Å². The van der Waals surface area contributed by atoms with Gasteiger partial charge in [-0.3, -0.25) is 0 Å². The van der Waals surface area contributed by atoms with Crippen molar-refractivity contribution in [1.82, 2.24) is 0 Å². The zero-order valence-corrected chi connectivity index (χ0v) is 95.9. The number of benzene rings is 10. The van der Waals surface area contributed by atoms with Gasteiger partial charge in [0.2, 0.25) is 5.82 Å². The van der Waals surface area contributed by atoms with Crippen molar-refractivity contribution in [3.05, 3.63) is 320 Å². The molecule has 10 aromatic rings. The van der Waals surface area contributed by atoms with Crippen LogP contribution in [0.1, 0.15) is 235 Å². The van der Waals surface area contributed by atoms with Gasteiger partial charge in [0.05, 0.1) is 35.6 Å². The zero-order chi connectivity index (χ0) is 90.8. The van der Waals surface area contributed by atoms with E-state index in [9.17, 15) is 48.3 Å². The summed E-state index contributed by atoms with van der Waals surface area (Å²) in [6, 6.07) is 43.6. The maximum absolute atomic E-state index is 13.6. The SMILES string of the molecule is C.CC1=C(F)CC(C)CC1.CC1=CCC(C)CC1.CC1CCC(C)CC1.CC1COC(C)OC1.Cc1cc(F)c(C)c(F)c1.Cc1cc2c(c(F)c1F)OC(C)CC2.Cc1cc2ccc(C)c(F)c2c(F)c1F.Cc1ccc(C)c(C)c1.Cc1ccc(C)c(Cl)c1F.Cc1ccc(C)c(F)c1F.Cc1ccc(C)cc1.Cc1ccc2cc(C)ccc2c1.[Nd].[Nd].[Nd].[Nd].[Nd]. The maximum atomic E-state index is 13.6. The van der Waals surface area contributed by atoms with E-state index in [0.717, 1.165) is 66.9 Å². The van der Waals surface area contributed by atoms with Crippen LogP contribution in [0.4, 0.5) is 48.3 Å². The largest absolute Gasteiger partial charge is 0.487 e. The number of hydrogen-bond acceptors (Lipinski definition) is 3. The molecule has 3 unspecified atom stereocenters. The predicted octanol–water partition coefficient (Wildman–Crippen LogP) is 33.8. The van der Waals surface area contributed by atoms with Crippen molar-refractivity contribution < 1.29 is 267 Å². The summed E-state index contributed by atoms with van der Waals surface area (Å²) in [5.41, 5.74) is 16.4. The molecule has 2 aliphatic heterocycles. The van der Waals surface area contributed by atoms with Crippen LogP contribution in [0.5, 0.6) is 5.75 Å². The van der Waals surface area contributed by atoms with Gasteiger partial charge < -0.3 is 14.2 Å². The average molecular weight is 2440 g/mol. The Balaban J connectivity index is -0.00000132. The second kappa shape index (κ2) is 66.6. The minimum atomic E-state index is -1.11. The van der Waals surface area contributed by atoms with Gasteiger partial charge in [0.15, 0.2) is 41.1 Å². The Morgan fingerprint density at radius 1 is 0.315 bits per heavy atom. The molecule has 0 aromatic heterocycles. The molecular formula is C107H138ClF11Nd5O3. The van der Waals surface area contributed by atoms with Crippen LogP contribution in [-0.4, -0.2) is 25.6 Å². The fourth-order valence-corrected chi connectivity index (χ4v) is 13.2. The number of rotatable bonds is 0. The van der Waals surface area contributed by atoms with Crippen LogP contribution in [0.15, 0.2) is 163 Å². The van der Waals surface area contributed by atoms with E-state index >= 15 is 0 Å². The monoisotopic (exact) mass is 2420 g/mol. The van der Waals surface area contributed by atoms with Crippen molar-refractivity contribution >= 4 is 33.1 Å². The summed E-state index contributed by atoms with van der Waals surface area (Å²) >= 11 is 5.61. The smallest absolute Gasteiger partial charge is 0.201 e. The molecule has 0 N–H and O–H groups in total. The third kappa shape index (κ3) is 47.2. The van der Waals surface area contributed by atoms with E-state index in [1.54, 1.807) is 75.7 Å². The van der Waals surface area contributed by atoms with Gasteiger partial charge in [0.25, 0.3) is 0 Å². The standard InChI is InChI=1S/C12H9F3.C12H12.C11H12F2O.C9H12.C8H8ClF.2C8H8F2.C8H13F.C8H16.C8H14.C8H10.C6H12O2.CH4.5Nd/c1-6-3-4-8-5-7(2)11(14)12(15)9(8)10(6)13;1-9-3-5-12-8-10(2)4-6-11(12)7-9;1-6-5-8-4-3-7(2)14-11(8)10(13)9(6)12;1-7-4-5-8(2)9(3)6-7;1-5-3-4-6(2)8(10)7(5)9;1-5-3-7(9)6(2)8(10)4-5;1-5-3-4-6(2)8(10)7(5)9;1-6-3-4-7(2)8(9)5-6;3*1-7-3-5-8(2)6-4-7;1-5-3-7-6(2)8-4-5;;;;;;/h3-5H,1-2H3;3-8H,1-2H3;5,7H,3-4H2,1-2H3;4-6H,1-3H3;3*3-4H,1-2H3;6H,3-5H2,1-2H3;7-8H,3-6H2,1-2H3;3,8H,4-6H2,1-2H3;3-6H,1-2H3;5-6H,3-4H2,1-2H3;1H4;;;;;. The number of ether oxygens (including phenoxy) is 3. The Morgan fingerprint density at radius 2 is 0.709 bits per heavy atom. The van der Waals surface area contributed by atoms with Gasteiger partial charge in [-0.2, -0.15) is 4.39 Å². The van der Waals surface area contributed by atoms with Crippen LogP contribution in [0.3, 0.4) is 0 Å². The first-order chi connectivity index (χ1) is 56.8. The molecule has 5 aliphatic rings. The van der Waals surface area contributed by atoms with Crippen LogP contribution >= 0.6 is 11.6 Å². The Hall–Kier alpha value is -1.81. The molecule has 0 radical (unpaired) electrons. The van der Waals surface area contributed by atoms with Crippen LogP contribution in [-0.2, 0) is 15.9 Å². The Labute approximate surface area is 925 Å². The van der Waals surface area contributed by atoms with Crippen LogP contribution in [0.2, 0.25) is 5.02 Å². The topological polar surface area (TPSA) is 27.7 Å². The molecular weight excluding hydrogens is 2300 g/mol. The van der Waals surface area contributed by atoms with Crippen molar-refractivity contribution in [2.75, 3.05) is 13.2 Å². The number of aryl methyl sites for hydroxylation is 16. The molecule has 127 heavy (non-hydrogen) atoms. The molecule has 0 bridgehead atoms. The van der Waals surface area contributed by atoms with Gasteiger partial charge in [-0.25, -0.2) is 43.9 Å². The molecule has 688 valence electrons. The number of allylic oxidation sites excluding steroid dienone is 4. The molecule has 0 spiro atoms. The Morgan fingerprint density at radius 3 is 1.13 bits per heavy atom. The molecule has 1 saturated heterocycles. The van der Waals surface area contributed by atoms with Crippen molar-refractivity contribution in [3.8, 4) is 5.75 Å². The first-order valence-corrected chi connectivity index (χ1v) is 42.9. The van der Waals surface area contributed by atoms with Gasteiger partial charge in [-0.15, -0.1) is 0 Å². The molecule has 1 saturated carbocycles. The first-order valence-electron chi connectivity index (χ1n) is 42.5. The number of fused-ring (bicyclic) bond motifs is 3. The van der Waals surface area contributed by atoms with Gasteiger partial charge in [0, 0.05) is 222 Å². The Bertz CT molecular complexity index is 4770. The fraction of sp³-hybridized carbons (Fsp3) is 0.439. The van der Waals surface area contributed by atoms with Crippen molar-refractivity contribution in [1.29, 1.82) is 0 Å². The molecule has 2 heterocycles. The second-order valence-corrected chi connectivity index (χ2v) is 34.5. The van der Waals surface area contributed by atoms with Crippen molar-refractivity contribution in [2.45, 2.75) is 270 Å². The van der Waals surface area contributed by atoms with E-state index in [-0.39, 0.29) is 263 Å². The maximum Gasteiger partial charge on any atom is 0.201 e. The number of hydrogen-bond donors (Lipinski definition) is 0.